The maximum atomic E-state index is 11.8. The van der Waals surface area contributed by atoms with E-state index in [0.717, 1.165) is 75.1 Å². The minimum Gasteiger partial charge on any atom is -0.480 e. The predicted octanol–water partition coefficient (Wildman–Crippen LogP) is 3.96. The number of pyridine rings is 1. The molecule has 188 valence electrons. The van der Waals surface area contributed by atoms with Crippen molar-refractivity contribution >= 4 is 11.8 Å². The number of aromatic nitrogens is 3. The summed E-state index contributed by atoms with van der Waals surface area (Å²) in [6, 6.07) is 3.70. The number of hydrogen-bond donors (Lipinski definition) is 4. The summed E-state index contributed by atoms with van der Waals surface area (Å²) >= 11 is 0. The number of nitrogens with one attached hydrogen (secondary N) is 3. The summed E-state index contributed by atoms with van der Waals surface area (Å²) < 4.78 is 6.01. The van der Waals surface area contributed by atoms with Crippen LogP contribution in [0.3, 0.4) is 0 Å². The largest absolute Gasteiger partial charge is 0.480 e. The van der Waals surface area contributed by atoms with E-state index in [-0.39, 0.29) is 12.0 Å². The van der Waals surface area contributed by atoms with Crippen LogP contribution in [0, 0.1) is 5.92 Å². The van der Waals surface area contributed by atoms with E-state index in [1.54, 1.807) is 0 Å². The van der Waals surface area contributed by atoms with E-state index in [9.17, 15) is 9.90 Å². The third-order valence-electron chi connectivity index (χ3n) is 7.83. The summed E-state index contributed by atoms with van der Waals surface area (Å²) in [6.07, 6.45) is 12.1. The van der Waals surface area contributed by atoms with Crippen molar-refractivity contribution in [2.75, 3.05) is 18.5 Å². The standard InChI is InChI=1S/C27H37N5O3/c1-17(23-6-2-4-20-16-29-32-25(20)23)30-24(27(33)34)11-13-35-22-14-18(15-22)7-9-21-10-8-19-5-3-12-28-26(19)31-21/h8,10,16,18,22-24,30H,1-7,9,11-15H2,(H,28,31)(H,29,32)(H,33,34)/t18?,22?,23?,24-/m0/s1. The van der Waals surface area contributed by atoms with Crippen LogP contribution < -0.4 is 10.6 Å². The summed E-state index contributed by atoms with van der Waals surface area (Å²) in [5.41, 5.74) is 5.52. The lowest BCUT2D eigenvalue weighted by Crippen LogP contribution is -2.39. The molecule has 1 aliphatic heterocycles. The second-order valence-corrected chi connectivity index (χ2v) is 10.3. The van der Waals surface area contributed by atoms with Gasteiger partial charge in [-0.25, -0.2) is 9.78 Å². The van der Waals surface area contributed by atoms with Gasteiger partial charge in [0.1, 0.15) is 11.9 Å². The smallest absolute Gasteiger partial charge is 0.326 e. The number of carbonyl (C=O) groups is 1. The molecular formula is C27H37N5O3. The Morgan fingerprint density at radius 3 is 2.97 bits per heavy atom. The van der Waals surface area contributed by atoms with Gasteiger partial charge < -0.3 is 20.5 Å². The topological polar surface area (TPSA) is 112 Å². The first kappa shape index (κ1) is 23.9. The van der Waals surface area contributed by atoms with Gasteiger partial charge >= 0.3 is 5.97 Å². The molecule has 0 amide bonds. The number of nitrogens with zero attached hydrogens (tertiary/aromatic N) is 2. The molecule has 3 heterocycles. The van der Waals surface area contributed by atoms with Gasteiger partial charge in [0.15, 0.2) is 0 Å². The van der Waals surface area contributed by atoms with Gasteiger partial charge in [0.05, 0.1) is 12.3 Å². The van der Waals surface area contributed by atoms with E-state index in [2.05, 4.69) is 39.5 Å². The average molecular weight is 480 g/mol. The SMILES string of the molecule is C=C(N[C@@H](CCOC1CC(CCc2ccc3c(n2)NCCC3)C1)C(=O)O)C1CCCc2cn[nH]c21. The third-order valence-corrected chi connectivity index (χ3v) is 7.83. The first-order valence-electron chi connectivity index (χ1n) is 13.1. The molecule has 1 fully saturated rings. The molecule has 4 N–H and O–H groups in total. The Hall–Kier alpha value is -2.87. The highest BCUT2D eigenvalue weighted by atomic mass is 16.5. The first-order chi connectivity index (χ1) is 17.1. The number of aryl methyl sites for hydroxylation is 3. The molecular weight excluding hydrogens is 442 g/mol. The highest BCUT2D eigenvalue weighted by Crippen LogP contribution is 2.35. The number of carboxylic acids is 1. The zero-order valence-corrected chi connectivity index (χ0v) is 20.4. The minimum atomic E-state index is -0.867. The Balaban J connectivity index is 1.01. The molecule has 2 aromatic heterocycles. The lowest BCUT2D eigenvalue weighted by Gasteiger charge is -2.35. The number of ether oxygens (including phenoxy) is 1. The van der Waals surface area contributed by atoms with E-state index in [4.69, 9.17) is 9.72 Å². The molecule has 8 heteroatoms. The monoisotopic (exact) mass is 479 g/mol. The highest BCUT2D eigenvalue weighted by molar-refractivity contribution is 5.73. The quantitative estimate of drug-likeness (QED) is 0.386. The summed E-state index contributed by atoms with van der Waals surface area (Å²) in [7, 11) is 0. The summed E-state index contributed by atoms with van der Waals surface area (Å²) in [5, 5.41) is 23.5. The molecule has 2 aromatic rings. The fourth-order valence-corrected chi connectivity index (χ4v) is 5.65. The Morgan fingerprint density at radius 2 is 2.11 bits per heavy atom. The molecule has 1 unspecified atom stereocenters. The van der Waals surface area contributed by atoms with Crippen LogP contribution in [0.1, 0.15) is 73.4 Å². The van der Waals surface area contributed by atoms with Crippen LogP contribution in [0.25, 0.3) is 0 Å². The molecule has 5 rings (SSSR count). The van der Waals surface area contributed by atoms with Crippen LogP contribution in [-0.4, -0.2) is 51.6 Å². The zero-order chi connectivity index (χ0) is 24.2. The van der Waals surface area contributed by atoms with Crippen molar-refractivity contribution in [3.8, 4) is 0 Å². The van der Waals surface area contributed by atoms with E-state index < -0.39 is 12.0 Å². The average Bonchev–Trinajstić information content (AvgIpc) is 3.32. The maximum absolute atomic E-state index is 11.8. The number of anilines is 1. The van der Waals surface area contributed by atoms with Crippen molar-refractivity contribution in [3.63, 3.8) is 0 Å². The fraction of sp³-hybridized carbons (Fsp3) is 0.593. The van der Waals surface area contributed by atoms with Gasteiger partial charge in [0.2, 0.25) is 0 Å². The molecule has 0 saturated heterocycles. The van der Waals surface area contributed by atoms with Crippen molar-refractivity contribution in [2.24, 2.45) is 5.92 Å². The van der Waals surface area contributed by atoms with Crippen LogP contribution in [0.2, 0.25) is 0 Å². The fourth-order valence-electron chi connectivity index (χ4n) is 5.65. The minimum absolute atomic E-state index is 0.0804. The number of H-pyrrole nitrogens is 1. The molecule has 1 saturated carbocycles. The van der Waals surface area contributed by atoms with E-state index in [0.29, 0.717) is 18.9 Å². The molecule has 2 aliphatic carbocycles. The number of aliphatic carboxylic acids is 1. The van der Waals surface area contributed by atoms with Gasteiger partial charge in [0, 0.05) is 42.6 Å². The Morgan fingerprint density at radius 1 is 1.26 bits per heavy atom. The lowest BCUT2D eigenvalue weighted by molar-refractivity contribution is -0.140. The van der Waals surface area contributed by atoms with E-state index >= 15 is 0 Å². The van der Waals surface area contributed by atoms with Crippen LogP contribution in [-0.2, 0) is 28.8 Å². The molecule has 8 nitrogen and oxygen atoms in total. The molecule has 0 bridgehead atoms. The molecule has 0 spiro atoms. The maximum Gasteiger partial charge on any atom is 0.326 e. The Bertz CT molecular complexity index is 1050. The first-order valence-corrected chi connectivity index (χ1v) is 13.1. The summed E-state index contributed by atoms with van der Waals surface area (Å²) in [6.45, 7) is 5.61. The molecule has 35 heavy (non-hydrogen) atoms. The van der Waals surface area contributed by atoms with Gasteiger partial charge in [-0.05, 0) is 80.9 Å². The Kier molecular flexibility index (Phi) is 7.37. The van der Waals surface area contributed by atoms with Crippen LogP contribution in [0.5, 0.6) is 0 Å². The van der Waals surface area contributed by atoms with Gasteiger partial charge in [-0.15, -0.1) is 0 Å². The van der Waals surface area contributed by atoms with Crippen molar-refractivity contribution in [1.29, 1.82) is 0 Å². The molecule has 0 radical (unpaired) electrons. The van der Waals surface area contributed by atoms with Crippen molar-refractivity contribution < 1.29 is 14.6 Å². The van der Waals surface area contributed by atoms with Crippen molar-refractivity contribution in [1.82, 2.24) is 20.5 Å². The van der Waals surface area contributed by atoms with Gasteiger partial charge in [-0.2, -0.15) is 5.10 Å². The lowest BCUT2D eigenvalue weighted by atomic mass is 9.79. The van der Waals surface area contributed by atoms with E-state index in [1.165, 1.54) is 23.2 Å². The van der Waals surface area contributed by atoms with Crippen molar-refractivity contribution in [2.45, 2.75) is 82.3 Å². The van der Waals surface area contributed by atoms with Gasteiger partial charge in [-0.1, -0.05) is 12.6 Å². The number of hydrogen-bond acceptors (Lipinski definition) is 6. The summed E-state index contributed by atoms with van der Waals surface area (Å²) in [4.78, 5) is 16.6. The van der Waals surface area contributed by atoms with Crippen LogP contribution in [0.4, 0.5) is 5.82 Å². The third kappa shape index (κ3) is 5.69. The second kappa shape index (κ2) is 10.8. The van der Waals surface area contributed by atoms with Crippen molar-refractivity contribution in [3.05, 3.63) is 53.1 Å². The number of aromatic amines is 1. The Labute approximate surface area is 207 Å². The van der Waals surface area contributed by atoms with Gasteiger partial charge in [0.25, 0.3) is 0 Å². The second-order valence-electron chi connectivity index (χ2n) is 10.3. The zero-order valence-electron chi connectivity index (χ0n) is 20.4. The predicted molar refractivity (Wildman–Crippen MR) is 134 cm³/mol. The summed E-state index contributed by atoms with van der Waals surface area (Å²) in [5.74, 6) is 0.945. The highest BCUT2D eigenvalue weighted by Gasteiger charge is 2.31. The van der Waals surface area contributed by atoms with Crippen LogP contribution in [0.15, 0.2) is 30.6 Å². The number of fused-ring (bicyclic) bond motifs is 2. The molecule has 2 atom stereocenters. The number of carboxylic acid groups (broad SMARTS) is 1. The van der Waals surface area contributed by atoms with E-state index in [1.807, 2.05) is 6.20 Å². The number of allylic oxidation sites excluding steroid dienone is 1. The molecule has 3 aliphatic rings. The molecule has 0 aromatic carbocycles. The normalized spacial score (nSPS) is 23.8. The van der Waals surface area contributed by atoms with Gasteiger partial charge in [-0.3, -0.25) is 5.10 Å². The number of rotatable bonds is 11. The van der Waals surface area contributed by atoms with Crippen LogP contribution >= 0.6 is 0 Å².